The summed E-state index contributed by atoms with van der Waals surface area (Å²) >= 11 is 0. The number of halogens is 2. The van der Waals surface area contributed by atoms with Crippen LogP contribution in [-0.2, 0) is 0 Å². The van der Waals surface area contributed by atoms with E-state index in [-0.39, 0.29) is 35.1 Å². The minimum absolute atomic E-state index is 0. The second kappa shape index (κ2) is 9.36. The second-order valence-corrected chi connectivity index (χ2v) is 7.34. The first kappa shape index (κ1) is 21.9. The number of rotatable bonds is 5. The molecule has 158 valence electrons. The number of anilines is 1. The SMILES string of the molecule is Cl.O=C(NCCN1CCCCC1)c1ccc2c(c1)C(=O)N(c1cccc(F)c1)C2=O. The van der Waals surface area contributed by atoms with Crippen LogP contribution >= 0.6 is 12.4 Å². The van der Waals surface area contributed by atoms with Gasteiger partial charge in [0, 0.05) is 18.7 Å². The number of carbonyl (C=O) groups excluding carboxylic acids is 3. The number of nitrogens with one attached hydrogen (secondary N) is 1. The predicted molar refractivity (Wildman–Crippen MR) is 114 cm³/mol. The van der Waals surface area contributed by atoms with Crippen molar-refractivity contribution in [1.82, 2.24) is 10.2 Å². The molecule has 1 saturated heterocycles. The van der Waals surface area contributed by atoms with Crippen molar-refractivity contribution < 1.29 is 18.8 Å². The highest BCUT2D eigenvalue weighted by Crippen LogP contribution is 2.29. The summed E-state index contributed by atoms with van der Waals surface area (Å²) in [6, 6.07) is 9.77. The summed E-state index contributed by atoms with van der Waals surface area (Å²) in [4.78, 5) is 41.1. The molecule has 6 nitrogen and oxygen atoms in total. The first-order valence-corrected chi connectivity index (χ1v) is 9.83. The van der Waals surface area contributed by atoms with Crippen molar-refractivity contribution in [3.05, 3.63) is 65.0 Å². The van der Waals surface area contributed by atoms with E-state index in [9.17, 15) is 18.8 Å². The van der Waals surface area contributed by atoms with Crippen molar-refractivity contribution in [2.75, 3.05) is 31.1 Å². The fourth-order valence-electron chi connectivity index (χ4n) is 3.84. The van der Waals surface area contributed by atoms with Gasteiger partial charge in [-0.05, 0) is 62.3 Å². The van der Waals surface area contributed by atoms with Crippen LogP contribution in [0, 0.1) is 5.82 Å². The number of nitrogens with zero attached hydrogens (tertiary/aromatic N) is 2. The van der Waals surface area contributed by atoms with E-state index < -0.39 is 17.6 Å². The molecular formula is C22H23ClFN3O3. The zero-order valence-electron chi connectivity index (χ0n) is 16.4. The Morgan fingerprint density at radius 1 is 0.967 bits per heavy atom. The smallest absolute Gasteiger partial charge is 0.266 e. The number of hydrogen-bond donors (Lipinski definition) is 1. The zero-order valence-corrected chi connectivity index (χ0v) is 17.2. The van der Waals surface area contributed by atoms with Gasteiger partial charge in [-0.25, -0.2) is 9.29 Å². The molecule has 2 aromatic carbocycles. The summed E-state index contributed by atoms with van der Waals surface area (Å²) in [7, 11) is 0. The van der Waals surface area contributed by atoms with Gasteiger partial charge >= 0.3 is 0 Å². The number of piperidine rings is 1. The summed E-state index contributed by atoms with van der Waals surface area (Å²) < 4.78 is 13.5. The molecule has 0 spiro atoms. The van der Waals surface area contributed by atoms with Crippen molar-refractivity contribution in [3.63, 3.8) is 0 Å². The van der Waals surface area contributed by atoms with Gasteiger partial charge in [0.15, 0.2) is 0 Å². The summed E-state index contributed by atoms with van der Waals surface area (Å²) in [6.45, 7) is 3.43. The molecule has 30 heavy (non-hydrogen) atoms. The maximum atomic E-state index is 13.5. The average Bonchev–Trinajstić information content (AvgIpc) is 2.98. The number of imide groups is 1. The first-order valence-electron chi connectivity index (χ1n) is 9.83. The lowest BCUT2D eigenvalue weighted by atomic mass is 10.1. The van der Waals surface area contributed by atoms with Gasteiger partial charge in [-0.1, -0.05) is 12.5 Å². The second-order valence-electron chi connectivity index (χ2n) is 7.34. The summed E-state index contributed by atoms with van der Waals surface area (Å²) in [5.74, 6) is -1.90. The van der Waals surface area contributed by atoms with Gasteiger partial charge in [-0.15, -0.1) is 12.4 Å². The molecule has 0 bridgehead atoms. The molecule has 0 aromatic heterocycles. The van der Waals surface area contributed by atoms with E-state index in [2.05, 4.69) is 10.2 Å². The van der Waals surface area contributed by atoms with Crippen molar-refractivity contribution in [1.29, 1.82) is 0 Å². The van der Waals surface area contributed by atoms with Crippen LogP contribution < -0.4 is 10.2 Å². The average molecular weight is 432 g/mol. The molecule has 8 heteroatoms. The molecule has 1 N–H and O–H groups in total. The molecular weight excluding hydrogens is 409 g/mol. The van der Waals surface area contributed by atoms with Crippen LogP contribution in [0.2, 0.25) is 0 Å². The fourth-order valence-corrected chi connectivity index (χ4v) is 3.84. The van der Waals surface area contributed by atoms with E-state index in [1.54, 1.807) is 0 Å². The molecule has 3 amide bonds. The number of benzene rings is 2. The number of hydrogen-bond acceptors (Lipinski definition) is 4. The van der Waals surface area contributed by atoms with Gasteiger partial charge in [0.25, 0.3) is 17.7 Å². The highest BCUT2D eigenvalue weighted by molar-refractivity contribution is 6.34. The van der Waals surface area contributed by atoms with Crippen molar-refractivity contribution in [2.45, 2.75) is 19.3 Å². The third-order valence-electron chi connectivity index (χ3n) is 5.38. The summed E-state index contributed by atoms with van der Waals surface area (Å²) in [5.41, 5.74) is 0.862. The van der Waals surface area contributed by atoms with E-state index in [0.29, 0.717) is 12.1 Å². The van der Waals surface area contributed by atoms with E-state index in [4.69, 9.17) is 0 Å². The number of amides is 3. The third-order valence-corrected chi connectivity index (χ3v) is 5.38. The van der Waals surface area contributed by atoms with Crippen LogP contribution in [0.4, 0.5) is 10.1 Å². The topological polar surface area (TPSA) is 69.7 Å². The molecule has 2 heterocycles. The van der Waals surface area contributed by atoms with Crippen LogP contribution in [0.5, 0.6) is 0 Å². The van der Waals surface area contributed by atoms with Gasteiger partial charge in [-0.3, -0.25) is 14.4 Å². The van der Waals surface area contributed by atoms with Crippen LogP contribution in [-0.4, -0.2) is 48.8 Å². The maximum absolute atomic E-state index is 13.5. The Balaban J connectivity index is 0.00000256. The minimum Gasteiger partial charge on any atom is -0.351 e. The quantitative estimate of drug-likeness (QED) is 0.738. The Hall–Kier alpha value is -2.77. The molecule has 0 saturated carbocycles. The van der Waals surface area contributed by atoms with Gasteiger partial charge in [0.2, 0.25) is 0 Å². The summed E-state index contributed by atoms with van der Waals surface area (Å²) in [5, 5.41) is 2.87. The molecule has 1 fully saturated rings. The predicted octanol–water partition coefficient (Wildman–Crippen LogP) is 3.26. The largest absolute Gasteiger partial charge is 0.351 e. The third kappa shape index (κ3) is 4.37. The van der Waals surface area contributed by atoms with E-state index in [1.807, 2.05) is 0 Å². The monoisotopic (exact) mass is 431 g/mol. The van der Waals surface area contributed by atoms with Crippen LogP contribution in [0.3, 0.4) is 0 Å². The lowest BCUT2D eigenvalue weighted by molar-refractivity contribution is 0.0923. The zero-order chi connectivity index (χ0) is 20.4. The molecule has 2 aromatic rings. The minimum atomic E-state index is -0.557. The van der Waals surface area contributed by atoms with Crippen LogP contribution in [0.25, 0.3) is 0 Å². The normalized spacial score (nSPS) is 16.2. The molecule has 0 aliphatic carbocycles. The van der Waals surface area contributed by atoms with Crippen LogP contribution in [0.1, 0.15) is 50.3 Å². The molecule has 0 radical (unpaired) electrons. The molecule has 2 aliphatic heterocycles. The highest BCUT2D eigenvalue weighted by Gasteiger charge is 2.37. The Labute approximate surface area is 180 Å². The number of likely N-dealkylation sites (tertiary alicyclic amines) is 1. The van der Waals surface area contributed by atoms with E-state index in [0.717, 1.165) is 30.6 Å². The Bertz CT molecular complexity index is 976. The highest BCUT2D eigenvalue weighted by atomic mass is 35.5. The van der Waals surface area contributed by atoms with Crippen molar-refractivity contribution >= 4 is 35.8 Å². The molecule has 0 atom stereocenters. The maximum Gasteiger partial charge on any atom is 0.266 e. The fraction of sp³-hybridized carbons (Fsp3) is 0.318. The Morgan fingerprint density at radius 2 is 1.70 bits per heavy atom. The Morgan fingerprint density at radius 3 is 2.43 bits per heavy atom. The lowest BCUT2D eigenvalue weighted by Crippen LogP contribution is -2.37. The molecule has 2 aliphatic rings. The van der Waals surface area contributed by atoms with Gasteiger partial charge in [0.1, 0.15) is 5.82 Å². The van der Waals surface area contributed by atoms with Crippen molar-refractivity contribution in [2.24, 2.45) is 0 Å². The first-order chi connectivity index (χ1) is 14.0. The number of carbonyl (C=O) groups is 3. The van der Waals surface area contributed by atoms with E-state index in [1.165, 1.54) is 55.7 Å². The Kier molecular flexibility index (Phi) is 6.84. The van der Waals surface area contributed by atoms with Gasteiger partial charge in [0.05, 0.1) is 16.8 Å². The van der Waals surface area contributed by atoms with Gasteiger partial charge < -0.3 is 10.2 Å². The molecule has 0 unspecified atom stereocenters. The van der Waals surface area contributed by atoms with Crippen molar-refractivity contribution in [3.8, 4) is 0 Å². The number of fused-ring (bicyclic) bond motifs is 1. The van der Waals surface area contributed by atoms with E-state index >= 15 is 0 Å². The standard InChI is InChI=1S/C22H22FN3O3.ClH/c23-16-5-4-6-17(14-16)26-21(28)18-8-7-15(13-19(18)22(26)29)20(27)24-9-12-25-10-2-1-3-11-25;/h4-8,13-14H,1-3,9-12H2,(H,24,27);1H. The lowest BCUT2D eigenvalue weighted by Gasteiger charge is -2.26. The summed E-state index contributed by atoms with van der Waals surface area (Å²) in [6.07, 6.45) is 3.64. The molecule has 4 rings (SSSR count). The van der Waals surface area contributed by atoms with Crippen LogP contribution in [0.15, 0.2) is 42.5 Å². The van der Waals surface area contributed by atoms with Gasteiger partial charge in [-0.2, -0.15) is 0 Å².